The average Bonchev–Trinajstić information content (AvgIpc) is 2.71. The summed E-state index contributed by atoms with van der Waals surface area (Å²) in [6.07, 6.45) is 0.629. The summed E-state index contributed by atoms with van der Waals surface area (Å²) in [6.45, 7) is 0.990. The van der Waals surface area contributed by atoms with Crippen molar-refractivity contribution >= 4 is 11.6 Å². The summed E-state index contributed by atoms with van der Waals surface area (Å²) in [5.74, 6) is -1.61. The van der Waals surface area contributed by atoms with Crippen LogP contribution < -0.4 is 10.6 Å². The van der Waals surface area contributed by atoms with Crippen molar-refractivity contribution < 1.29 is 14.3 Å². The molecule has 16 heavy (non-hydrogen) atoms. The van der Waals surface area contributed by atoms with Gasteiger partial charge in [0.15, 0.2) is 11.6 Å². The number of benzene rings is 1. The molecule has 1 aromatic carbocycles. The molecule has 2 rings (SSSR count). The first-order chi connectivity index (χ1) is 7.59. The highest BCUT2D eigenvalue weighted by atomic mass is 19.1. The van der Waals surface area contributed by atoms with Crippen molar-refractivity contribution in [3.8, 4) is 5.75 Å². The number of hydrogen-bond acceptors (Lipinski definition) is 3. The molecule has 5 heteroatoms. The number of nitrogens with zero attached hydrogens (tertiary/aromatic N) is 1. The monoisotopic (exact) mass is 224 g/mol. The number of primary amides is 1. The van der Waals surface area contributed by atoms with E-state index in [-0.39, 0.29) is 17.6 Å². The molecule has 1 atom stereocenters. The zero-order valence-electron chi connectivity index (χ0n) is 8.69. The van der Waals surface area contributed by atoms with Gasteiger partial charge in [0.05, 0.1) is 11.6 Å². The van der Waals surface area contributed by atoms with Crippen molar-refractivity contribution in [3.63, 3.8) is 0 Å². The normalized spacial score (nSPS) is 20.1. The summed E-state index contributed by atoms with van der Waals surface area (Å²) in [7, 11) is 0. The zero-order valence-corrected chi connectivity index (χ0v) is 8.69. The van der Waals surface area contributed by atoms with Crippen LogP contribution in [0.15, 0.2) is 18.2 Å². The molecule has 1 heterocycles. The lowest BCUT2D eigenvalue weighted by Crippen LogP contribution is -2.27. The van der Waals surface area contributed by atoms with Crippen LogP contribution >= 0.6 is 0 Å². The van der Waals surface area contributed by atoms with Gasteiger partial charge in [-0.2, -0.15) is 0 Å². The summed E-state index contributed by atoms with van der Waals surface area (Å²) in [4.78, 5) is 12.7. The highest BCUT2D eigenvalue weighted by Crippen LogP contribution is 2.30. The van der Waals surface area contributed by atoms with Gasteiger partial charge in [-0.15, -0.1) is 0 Å². The van der Waals surface area contributed by atoms with Crippen LogP contribution in [-0.2, 0) is 4.79 Å². The average molecular weight is 224 g/mol. The smallest absolute Gasteiger partial charge is 0.222 e. The Labute approximate surface area is 92.5 Å². The second-order valence-corrected chi connectivity index (χ2v) is 3.94. The van der Waals surface area contributed by atoms with Gasteiger partial charge in [0.2, 0.25) is 5.91 Å². The molecule has 3 N–H and O–H groups in total. The van der Waals surface area contributed by atoms with Crippen LogP contribution in [0.5, 0.6) is 5.75 Å². The van der Waals surface area contributed by atoms with Crippen molar-refractivity contribution in [2.75, 3.05) is 18.0 Å². The van der Waals surface area contributed by atoms with Crippen LogP contribution in [0.1, 0.15) is 6.42 Å². The number of carbonyl (C=O) groups is 1. The Balaban J connectivity index is 2.21. The van der Waals surface area contributed by atoms with Crippen LogP contribution in [0.25, 0.3) is 0 Å². The van der Waals surface area contributed by atoms with Crippen LogP contribution in [0.4, 0.5) is 10.1 Å². The Morgan fingerprint density at radius 3 is 2.94 bits per heavy atom. The second kappa shape index (κ2) is 4.00. The first kappa shape index (κ1) is 10.7. The van der Waals surface area contributed by atoms with E-state index in [2.05, 4.69) is 0 Å². The Morgan fingerprint density at radius 1 is 1.56 bits per heavy atom. The molecular formula is C11H13FN2O2. The van der Waals surface area contributed by atoms with E-state index in [4.69, 9.17) is 5.73 Å². The molecule has 0 aliphatic carbocycles. The molecule has 0 saturated carbocycles. The Bertz CT molecular complexity index is 422. The first-order valence-electron chi connectivity index (χ1n) is 5.11. The van der Waals surface area contributed by atoms with Gasteiger partial charge in [0, 0.05) is 13.1 Å². The number of aromatic hydroxyl groups is 1. The van der Waals surface area contributed by atoms with Crippen LogP contribution in [-0.4, -0.2) is 24.1 Å². The molecule has 1 unspecified atom stereocenters. The third-order valence-corrected chi connectivity index (χ3v) is 2.89. The van der Waals surface area contributed by atoms with Crippen molar-refractivity contribution in [2.24, 2.45) is 11.7 Å². The van der Waals surface area contributed by atoms with Crippen LogP contribution in [0, 0.1) is 11.7 Å². The van der Waals surface area contributed by atoms with E-state index in [1.807, 2.05) is 0 Å². The van der Waals surface area contributed by atoms with Crippen molar-refractivity contribution in [2.45, 2.75) is 6.42 Å². The van der Waals surface area contributed by atoms with Gasteiger partial charge in [0.25, 0.3) is 0 Å². The quantitative estimate of drug-likeness (QED) is 0.782. The summed E-state index contributed by atoms with van der Waals surface area (Å²) < 4.78 is 13.6. The largest absolute Gasteiger partial charge is 0.505 e. The number of halogens is 1. The number of hydrogen-bond donors (Lipinski definition) is 2. The molecule has 0 radical (unpaired) electrons. The third-order valence-electron chi connectivity index (χ3n) is 2.89. The first-order valence-corrected chi connectivity index (χ1v) is 5.11. The van der Waals surface area contributed by atoms with Crippen LogP contribution in [0.2, 0.25) is 0 Å². The van der Waals surface area contributed by atoms with Crippen molar-refractivity contribution in [1.29, 1.82) is 0 Å². The fourth-order valence-electron chi connectivity index (χ4n) is 1.96. The Hall–Kier alpha value is -1.78. The van der Waals surface area contributed by atoms with Gasteiger partial charge in [-0.25, -0.2) is 4.39 Å². The lowest BCUT2D eigenvalue weighted by molar-refractivity contribution is -0.121. The molecule has 1 aliphatic rings. The topological polar surface area (TPSA) is 66.6 Å². The number of anilines is 1. The van der Waals surface area contributed by atoms with Gasteiger partial charge in [0.1, 0.15) is 0 Å². The van der Waals surface area contributed by atoms with Gasteiger partial charge in [-0.05, 0) is 18.6 Å². The van der Waals surface area contributed by atoms with E-state index in [1.165, 1.54) is 6.07 Å². The number of phenolic OH excluding ortho intramolecular Hbond substituents is 1. The molecule has 1 aromatic rings. The third kappa shape index (κ3) is 1.80. The standard InChI is InChI=1S/C11H13FN2O2/c12-10-8(2-1-3-9(10)15)14-5-4-7(6-14)11(13)16/h1-3,7,15H,4-6H2,(H2,13,16). The van der Waals surface area contributed by atoms with Gasteiger partial charge in [-0.1, -0.05) is 6.07 Å². The van der Waals surface area contributed by atoms with Gasteiger partial charge in [-0.3, -0.25) is 4.79 Å². The molecule has 0 bridgehead atoms. The lowest BCUT2D eigenvalue weighted by Gasteiger charge is -2.19. The fraction of sp³-hybridized carbons (Fsp3) is 0.364. The van der Waals surface area contributed by atoms with Crippen molar-refractivity contribution in [3.05, 3.63) is 24.0 Å². The number of phenols is 1. The number of amides is 1. The Morgan fingerprint density at radius 2 is 2.31 bits per heavy atom. The minimum Gasteiger partial charge on any atom is -0.505 e. The van der Waals surface area contributed by atoms with Gasteiger partial charge < -0.3 is 15.7 Å². The highest BCUT2D eigenvalue weighted by molar-refractivity contribution is 5.78. The van der Waals surface area contributed by atoms with Crippen molar-refractivity contribution in [1.82, 2.24) is 0 Å². The lowest BCUT2D eigenvalue weighted by atomic mass is 10.1. The maximum atomic E-state index is 13.6. The van der Waals surface area contributed by atoms with Gasteiger partial charge >= 0.3 is 0 Å². The minimum absolute atomic E-state index is 0.234. The summed E-state index contributed by atoms with van der Waals surface area (Å²) in [6, 6.07) is 4.45. The van der Waals surface area contributed by atoms with E-state index in [0.717, 1.165) is 0 Å². The fourth-order valence-corrected chi connectivity index (χ4v) is 1.96. The summed E-state index contributed by atoms with van der Waals surface area (Å²) >= 11 is 0. The molecule has 4 nitrogen and oxygen atoms in total. The molecule has 1 fully saturated rings. The SMILES string of the molecule is NC(=O)C1CCN(c2cccc(O)c2F)C1. The number of rotatable bonds is 2. The maximum absolute atomic E-state index is 13.6. The highest BCUT2D eigenvalue weighted by Gasteiger charge is 2.28. The molecule has 1 saturated heterocycles. The Kier molecular flexibility index (Phi) is 2.68. The predicted octanol–water partition coefficient (Wildman–Crippen LogP) is 0.843. The second-order valence-electron chi connectivity index (χ2n) is 3.94. The zero-order chi connectivity index (χ0) is 11.7. The molecule has 1 aliphatic heterocycles. The van der Waals surface area contributed by atoms with E-state index in [9.17, 15) is 14.3 Å². The molecule has 0 aromatic heterocycles. The summed E-state index contributed by atoms with van der Waals surface area (Å²) in [5, 5.41) is 9.24. The van der Waals surface area contributed by atoms with Crippen LogP contribution in [0.3, 0.4) is 0 Å². The van der Waals surface area contributed by atoms with E-state index in [1.54, 1.807) is 17.0 Å². The number of carbonyl (C=O) groups excluding carboxylic acids is 1. The molecule has 0 spiro atoms. The number of nitrogens with two attached hydrogens (primary N) is 1. The predicted molar refractivity (Wildman–Crippen MR) is 57.6 cm³/mol. The molecule has 86 valence electrons. The summed E-state index contributed by atoms with van der Waals surface area (Å²) in [5.41, 5.74) is 5.52. The maximum Gasteiger partial charge on any atom is 0.222 e. The van der Waals surface area contributed by atoms with E-state index >= 15 is 0 Å². The molecule has 1 amide bonds. The van der Waals surface area contributed by atoms with E-state index < -0.39 is 5.82 Å². The minimum atomic E-state index is -0.646. The molecular weight excluding hydrogens is 211 g/mol. The van der Waals surface area contributed by atoms with E-state index in [0.29, 0.717) is 25.2 Å².